The van der Waals surface area contributed by atoms with Crippen LogP contribution in [0.4, 0.5) is 0 Å². The topological polar surface area (TPSA) is 78.9 Å². The summed E-state index contributed by atoms with van der Waals surface area (Å²) < 4.78 is 0. The molecule has 2 aromatic rings. The van der Waals surface area contributed by atoms with Crippen molar-refractivity contribution in [3.05, 3.63) is 39.8 Å². The van der Waals surface area contributed by atoms with Crippen LogP contribution in [0.5, 0.6) is 5.88 Å². The third kappa shape index (κ3) is 2.18. The first-order chi connectivity index (χ1) is 8.11. The van der Waals surface area contributed by atoms with Gasteiger partial charge in [-0.25, -0.2) is 0 Å². The van der Waals surface area contributed by atoms with Gasteiger partial charge in [0.2, 0.25) is 5.88 Å². The lowest BCUT2D eigenvalue weighted by molar-refractivity contribution is 0.444. The molecule has 0 saturated carbocycles. The van der Waals surface area contributed by atoms with E-state index in [-0.39, 0.29) is 17.3 Å². The largest absolute Gasteiger partial charge is 0.493 e. The number of pyridine rings is 1. The molecule has 0 amide bonds. The predicted molar refractivity (Wildman–Crippen MR) is 63.9 cm³/mol. The van der Waals surface area contributed by atoms with Gasteiger partial charge in [-0.2, -0.15) is 4.98 Å². The molecular formula is C12H13N3O2. The number of hydrogen-bond acceptors (Lipinski definition) is 4. The van der Waals surface area contributed by atoms with Crippen LogP contribution in [0, 0.1) is 6.92 Å². The molecule has 0 aliphatic carbocycles. The Morgan fingerprint density at radius 2 is 2.24 bits per heavy atom. The molecule has 0 unspecified atom stereocenters. The molecule has 17 heavy (non-hydrogen) atoms. The van der Waals surface area contributed by atoms with Crippen LogP contribution in [0.1, 0.15) is 18.1 Å². The molecule has 0 aliphatic rings. The zero-order valence-corrected chi connectivity index (χ0v) is 9.69. The fourth-order valence-corrected chi connectivity index (χ4v) is 1.59. The molecule has 0 fully saturated rings. The Morgan fingerprint density at radius 3 is 2.82 bits per heavy atom. The van der Waals surface area contributed by atoms with E-state index in [1.54, 1.807) is 19.2 Å². The molecule has 0 bridgehead atoms. The number of aryl methyl sites for hydroxylation is 1. The van der Waals surface area contributed by atoms with E-state index in [2.05, 4.69) is 15.0 Å². The number of nitrogens with one attached hydrogen (secondary N) is 1. The summed E-state index contributed by atoms with van der Waals surface area (Å²) in [6.07, 6.45) is 2.07. The molecular weight excluding hydrogens is 218 g/mol. The maximum atomic E-state index is 11.7. The standard InChI is InChI=1S/C12H13N3O2/c1-3-8-11(16)14-10(15-12(8)17)9-6-7(2)4-5-13-9/h4-6H,3H2,1-2H3,(H2,14,15,16,17). The molecule has 0 saturated heterocycles. The molecule has 5 nitrogen and oxygen atoms in total. The zero-order valence-electron chi connectivity index (χ0n) is 9.69. The maximum Gasteiger partial charge on any atom is 0.258 e. The summed E-state index contributed by atoms with van der Waals surface area (Å²) in [5.41, 5.74) is 1.52. The van der Waals surface area contributed by atoms with E-state index in [0.717, 1.165) is 5.56 Å². The zero-order chi connectivity index (χ0) is 12.4. The third-order valence-corrected chi connectivity index (χ3v) is 2.51. The van der Waals surface area contributed by atoms with E-state index in [1.807, 2.05) is 13.0 Å². The Bertz CT molecular complexity index is 605. The van der Waals surface area contributed by atoms with Crippen LogP contribution in [0.25, 0.3) is 11.5 Å². The Kier molecular flexibility index (Phi) is 2.91. The van der Waals surface area contributed by atoms with Crippen molar-refractivity contribution in [1.82, 2.24) is 15.0 Å². The molecule has 2 rings (SSSR count). The Hall–Kier alpha value is -2.17. The Balaban J connectivity index is 2.58. The van der Waals surface area contributed by atoms with Crippen molar-refractivity contribution in [2.45, 2.75) is 20.3 Å². The van der Waals surface area contributed by atoms with Crippen LogP contribution in [-0.4, -0.2) is 20.1 Å². The van der Waals surface area contributed by atoms with Crippen molar-refractivity contribution in [3.8, 4) is 17.4 Å². The van der Waals surface area contributed by atoms with Gasteiger partial charge in [-0.05, 0) is 31.0 Å². The van der Waals surface area contributed by atoms with Gasteiger partial charge in [0.25, 0.3) is 5.56 Å². The molecule has 0 radical (unpaired) electrons. The normalized spacial score (nSPS) is 10.5. The first-order valence-corrected chi connectivity index (χ1v) is 5.37. The smallest absolute Gasteiger partial charge is 0.258 e. The SMILES string of the molecule is CCc1c(O)nc(-c2cc(C)ccn2)[nH]c1=O. The summed E-state index contributed by atoms with van der Waals surface area (Å²) >= 11 is 0. The van der Waals surface area contributed by atoms with Crippen LogP contribution in [0.15, 0.2) is 23.1 Å². The third-order valence-electron chi connectivity index (χ3n) is 2.51. The second kappa shape index (κ2) is 4.37. The van der Waals surface area contributed by atoms with E-state index in [4.69, 9.17) is 0 Å². The van der Waals surface area contributed by atoms with Crippen molar-refractivity contribution in [2.75, 3.05) is 0 Å². The van der Waals surface area contributed by atoms with Crippen molar-refractivity contribution >= 4 is 0 Å². The molecule has 0 atom stereocenters. The molecule has 2 N–H and O–H groups in total. The van der Waals surface area contributed by atoms with Gasteiger partial charge in [0.15, 0.2) is 5.82 Å². The van der Waals surface area contributed by atoms with Crippen molar-refractivity contribution < 1.29 is 5.11 Å². The predicted octanol–water partition coefficient (Wildman–Crippen LogP) is 1.41. The summed E-state index contributed by atoms with van der Waals surface area (Å²) in [4.78, 5) is 22.3. The van der Waals surface area contributed by atoms with E-state index >= 15 is 0 Å². The van der Waals surface area contributed by atoms with Gasteiger partial charge >= 0.3 is 0 Å². The number of aromatic amines is 1. The monoisotopic (exact) mass is 231 g/mol. The number of nitrogens with zero attached hydrogens (tertiary/aromatic N) is 2. The van der Waals surface area contributed by atoms with Gasteiger partial charge in [0.1, 0.15) is 5.69 Å². The van der Waals surface area contributed by atoms with Crippen LogP contribution in [-0.2, 0) is 6.42 Å². The summed E-state index contributed by atoms with van der Waals surface area (Å²) in [6, 6.07) is 3.64. The highest BCUT2D eigenvalue weighted by atomic mass is 16.3. The lowest BCUT2D eigenvalue weighted by Gasteiger charge is -2.04. The van der Waals surface area contributed by atoms with E-state index < -0.39 is 0 Å². The lowest BCUT2D eigenvalue weighted by Crippen LogP contribution is -2.14. The van der Waals surface area contributed by atoms with Gasteiger partial charge in [-0.15, -0.1) is 0 Å². The van der Waals surface area contributed by atoms with Gasteiger partial charge in [-0.1, -0.05) is 6.92 Å². The van der Waals surface area contributed by atoms with Crippen molar-refractivity contribution in [2.24, 2.45) is 0 Å². The minimum atomic E-state index is -0.321. The molecule has 2 heterocycles. The average Bonchev–Trinajstić information content (AvgIpc) is 2.28. The molecule has 2 aromatic heterocycles. The second-order valence-electron chi connectivity index (χ2n) is 3.79. The molecule has 0 aromatic carbocycles. The highest BCUT2D eigenvalue weighted by Gasteiger charge is 2.10. The van der Waals surface area contributed by atoms with E-state index in [1.165, 1.54) is 0 Å². The highest BCUT2D eigenvalue weighted by molar-refractivity contribution is 5.51. The lowest BCUT2D eigenvalue weighted by atomic mass is 10.2. The van der Waals surface area contributed by atoms with Gasteiger partial charge in [-0.3, -0.25) is 9.78 Å². The molecule has 5 heteroatoms. The number of aromatic nitrogens is 3. The van der Waals surface area contributed by atoms with Crippen LogP contribution < -0.4 is 5.56 Å². The number of rotatable bonds is 2. The average molecular weight is 231 g/mol. The number of H-pyrrole nitrogens is 1. The summed E-state index contributed by atoms with van der Waals surface area (Å²) in [7, 11) is 0. The van der Waals surface area contributed by atoms with E-state index in [9.17, 15) is 9.90 Å². The minimum Gasteiger partial charge on any atom is -0.493 e. The first-order valence-electron chi connectivity index (χ1n) is 5.37. The molecule has 88 valence electrons. The number of aromatic hydroxyl groups is 1. The quantitative estimate of drug-likeness (QED) is 0.819. The number of hydrogen-bond donors (Lipinski definition) is 2. The Morgan fingerprint density at radius 1 is 1.47 bits per heavy atom. The first kappa shape index (κ1) is 11.3. The maximum absolute atomic E-state index is 11.7. The Labute approximate surface area is 98.2 Å². The van der Waals surface area contributed by atoms with Crippen LogP contribution in [0.2, 0.25) is 0 Å². The fourth-order valence-electron chi connectivity index (χ4n) is 1.59. The summed E-state index contributed by atoms with van der Waals surface area (Å²) in [5, 5.41) is 9.64. The minimum absolute atomic E-state index is 0.227. The van der Waals surface area contributed by atoms with Crippen LogP contribution >= 0.6 is 0 Å². The van der Waals surface area contributed by atoms with E-state index in [0.29, 0.717) is 17.7 Å². The van der Waals surface area contributed by atoms with Crippen LogP contribution in [0.3, 0.4) is 0 Å². The van der Waals surface area contributed by atoms with Gasteiger partial charge in [0, 0.05) is 6.20 Å². The fraction of sp³-hybridized carbons (Fsp3) is 0.250. The summed E-state index contributed by atoms with van der Waals surface area (Å²) in [6.45, 7) is 3.71. The molecule has 0 aliphatic heterocycles. The van der Waals surface area contributed by atoms with Gasteiger partial charge < -0.3 is 10.1 Å². The molecule has 0 spiro atoms. The van der Waals surface area contributed by atoms with Crippen molar-refractivity contribution in [1.29, 1.82) is 0 Å². The summed E-state index contributed by atoms with van der Waals surface area (Å²) in [5.74, 6) is 0.0583. The van der Waals surface area contributed by atoms with Gasteiger partial charge in [0.05, 0.1) is 5.56 Å². The van der Waals surface area contributed by atoms with Crippen molar-refractivity contribution in [3.63, 3.8) is 0 Å². The second-order valence-corrected chi connectivity index (χ2v) is 3.79. The highest BCUT2D eigenvalue weighted by Crippen LogP contribution is 2.16.